The van der Waals surface area contributed by atoms with E-state index in [1.54, 1.807) is 6.92 Å². The second-order valence-electron chi connectivity index (χ2n) is 13.3. The molecule has 2 aliphatic carbocycles. The number of rotatable bonds is 17. The molecule has 4 fully saturated rings. The molecule has 8 heteroatoms. The standard InChI is InChI=1S/C36H58O7S/c1-4-5-21-36(22-14-23-36)32(43-35-18-11-13-25-41-35)20-19-28-29(15-8-6-7-9-16-33(38)39-3)31(44-27(2)37)26-30(28)42-34-17-10-12-24-40-34/h6,8,19-20,28-32,34-35H,4-5,7,9-18,21-26H2,1-3H3/t28-,29-,30-,31+,32-,34?,35?/m1/s1. The zero-order valence-corrected chi connectivity index (χ0v) is 28.4. The lowest BCUT2D eigenvalue weighted by atomic mass is 9.62. The van der Waals surface area contributed by atoms with E-state index >= 15 is 0 Å². The van der Waals surface area contributed by atoms with Crippen LogP contribution in [0.25, 0.3) is 0 Å². The van der Waals surface area contributed by atoms with Crippen LogP contribution in [-0.2, 0) is 33.3 Å². The number of carbonyl (C=O) groups excluding carboxylic acids is 2. The van der Waals surface area contributed by atoms with Gasteiger partial charge in [0.2, 0.25) is 0 Å². The Morgan fingerprint density at radius 3 is 2.36 bits per heavy atom. The molecule has 0 aromatic heterocycles. The quantitative estimate of drug-likeness (QED) is 0.0898. The molecule has 4 rings (SSSR count). The first-order valence-corrected chi connectivity index (χ1v) is 18.4. The molecule has 0 N–H and O–H groups in total. The number of ether oxygens (including phenoxy) is 5. The molecular formula is C36H58O7S. The maximum Gasteiger partial charge on any atom is 0.305 e. The van der Waals surface area contributed by atoms with Crippen LogP contribution in [0.4, 0.5) is 0 Å². The van der Waals surface area contributed by atoms with Gasteiger partial charge < -0.3 is 23.7 Å². The molecule has 0 aromatic carbocycles. The molecule has 7 nitrogen and oxygen atoms in total. The Hall–Kier alpha value is -1.19. The van der Waals surface area contributed by atoms with E-state index in [4.69, 9.17) is 23.7 Å². The van der Waals surface area contributed by atoms with Gasteiger partial charge in [0.25, 0.3) is 0 Å². The van der Waals surface area contributed by atoms with Gasteiger partial charge in [-0.1, -0.05) is 62.3 Å². The highest BCUT2D eigenvalue weighted by Gasteiger charge is 2.47. The van der Waals surface area contributed by atoms with Gasteiger partial charge in [0.1, 0.15) is 0 Å². The number of carbonyl (C=O) groups is 2. The van der Waals surface area contributed by atoms with E-state index in [1.165, 1.54) is 57.4 Å². The van der Waals surface area contributed by atoms with Crippen molar-refractivity contribution in [2.45, 2.75) is 153 Å². The Kier molecular flexibility index (Phi) is 15.3. The number of hydrogen-bond donors (Lipinski definition) is 0. The van der Waals surface area contributed by atoms with Crippen LogP contribution < -0.4 is 0 Å². The molecule has 0 amide bonds. The van der Waals surface area contributed by atoms with E-state index < -0.39 is 0 Å². The first-order valence-electron chi connectivity index (χ1n) is 17.6. The van der Waals surface area contributed by atoms with Crippen LogP contribution in [0.2, 0.25) is 0 Å². The lowest BCUT2D eigenvalue weighted by Gasteiger charge is -2.48. The van der Waals surface area contributed by atoms with E-state index in [-0.39, 0.29) is 58.4 Å². The molecule has 4 aliphatic rings. The van der Waals surface area contributed by atoms with E-state index in [9.17, 15) is 9.59 Å². The van der Waals surface area contributed by atoms with Crippen LogP contribution in [0.1, 0.15) is 123 Å². The molecule has 2 saturated carbocycles. The summed E-state index contributed by atoms with van der Waals surface area (Å²) in [6.07, 6.45) is 26.2. The summed E-state index contributed by atoms with van der Waals surface area (Å²) in [5.74, 6) is 0.241. The number of thioether (sulfide) groups is 1. The van der Waals surface area contributed by atoms with Crippen LogP contribution in [-0.4, -0.2) is 61.4 Å². The SMILES string of the molecule is CCCCC1([C@@H](C=C[C@@H]2[C@@H](CC=CCCCC(=O)OC)[C@@H](SC(C)=O)C[C@H]2OC2CCCCO2)OC2CCCCO2)CCC1. The summed E-state index contributed by atoms with van der Waals surface area (Å²) >= 11 is 1.47. The smallest absolute Gasteiger partial charge is 0.305 e. The Balaban J connectivity index is 1.55. The minimum atomic E-state index is -0.176. The highest BCUT2D eigenvalue weighted by atomic mass is 32.2. The highest BCUT2D eigenvalue weighted by molar-refractivity contribution is 8.14. The lowest BCUT2D eigenvalue weighted by Crippen LogP contribution is -2.44. The third-order valence-electron chi connectivity index (χ3n) is 10.1. The maximum atomic E-state index is 12.4. The van der Waals surface area contributed by atoms with Gasteiger partial charge in [-0.25, -0.2) is 0 Å². The summed E-state index contributed by atoms with van der Waals surface area (Å²) in [6, 6.07) is 0. The molecule has 0 spiro atoms. The van der Waals surface area contributed by atoms with Crippen molar-refractivity contribution in [2.24, 2.45) is 17.3 Å². The van der Waals surface area contributed by atoms with Gasteiger partial charge in [-0.2, -0.15) is 0 Å². The van der Waals surface area contributed by atoms with Gasteiger partial charge in [0, 0.05) is 43.1 Å². The van der Waals surface area contributed by atoms with Gasteiger partial charge in [-0.3, -0.25) is 9.59 Å². The average molecular weight is 635 g/mol. The van der Waals surface area contributed by atoms with Crippen LogP contribution in [0.15, 0.2) is 24.3 Å². The van der Waals surface area contributed by atoms with Crippen molar-refractivity contribution in [3.63, 3.8) is 0 Å². The third-order valence-corrected chi connectivity index (χ3v) is 11.3. The molecular weight excluding hydrogens is 576 g/mol. The predicted octanol–water partition coefficient (Wildman–Crippen LogP) is 8.30. The summed E-state index contributed by atoms with van der Waals surface area (Å²) in [5, 5.41) is 0.331. The Morgan fingerprint density at radius 1 is 1.00 bits per heavy atom. The number of esters is 1. The lowest BCUT2D eigenvalue weighted by molar-refractivity contribution is -0.211. The second kappa shape index (κ2) is 18.8. The van der Waals surface area contributed by atoms with Gasteiger partial charge >= 0.3 is 5.97 Å². The van der Waals surface area contributed by atoms with Crippen LogP contribution >= 0.6 is 11.8 Å². The molecule has 0 radical (unpaired) electrons. The van der Waals surface area contributed by atoms with Crippen molar-refractivity contribution >= 4 is 22.8 Å². The van der Waals surface area contributed by atoms with Gasteiger partial charge in [0.15, 0.2) is 17.7 Å². The molecule has 2 aliphatic heterocycles. The minimum absolute atomic E-state index is 0.0107. The number of hydrogen-bond acceptors (Lipinski definition) is 8. The number of unbranched alkanes of at least 4 members (excludes halogenated alkanes) is 2. The molecule has 7 atom stereocenters. The predicted molar refractivity (Wildman–Crippen MR) is 175 cm³/mol. The molecule has 2 heterocycles. The first kappa shape index (κ1) is 35.7. The molecule has 0 aromatic rings. The normalized spacial score (nSPS) is 31.2. The summed E-state index contributed by atoms with van der Waals surface area (Å²) in [4.78, 5) is 23.9. The molecule has 0 bridgehead atoms. The monoisotopic (exact) mass is 634 g/mol. The van der Waals surface area contributed by atoms with Gasteiger partial charge in [-0.05, 0) is 89.4 Å². The largest absolute Gasteiger partial charge is 0.469 e. The zero-order valence-electron chi connectivity index (χ0n) is 27.6. The number of allylic oxidation sites excluding steroid dienone is 2. The maximum absolute atomic E-state index is 12.4. The van der Waals surface area contributed by atoms with Crippen molar-refractivity contribution in [3.8, 4) is 0 Å². The second-order valence-corrected chi connectivity index (χ2v) is 14.7. The highest BCUT2D eigenvalue weighted by Crippen LogP contribution is 2.51. The zero-order chi connectivity index (χ0) is 31.2. The fourth-order valence-corrected chi connectivity index (χ4v) is 8.63. The van der Waals surface area contributed by atoms with Crippen molar-refractivity contribution < 1.29 is 33.3 Å². The Bertz CT molecular complexity index is 919. The summed E-state index contributed by atoms with van der Waals surface area (Å²) in [6.45, 7) is 5.48. The van der Waals surface area contributed by atoms with Crippen LogP contribution in [0.5, 0.6) is 0 Å². The Morgan fingerprint density at radius 2 is 1.75 bits per heavy atom. The van der Waals surface area contributed by atoms with Crippen molar-refractivity contribution in [1.29, 1.82) is 0 Å². The topological polar surface area (TPSA) is 80.3 Å². The fraction of sp³-hybridized carbons (Fsp3) is 0.833. The summed E-state index contributed by atoms with van der Waals surface area (Å²) < 4.78 is 30.5. The number of methoxy groups -OCH3 is 1. The minimum Gasteiger partial charge on any atom is -0.469 e. The van der Waals surface area contributed by atoms with Crippen molar-refractivity contribution in [1.82, 2.24) is 0 Å². The summed E-state index contributed by atoms with van der Waals surface area (Å²) in [5.41, 5.74) is 0.178. The summed E-state index contributed by atoms with van der Waals surface area (Å²) in [7, 11) is 1.43. The van der Waals surface area contributed by atoms with E-state index in [1.807, 2.05) is 0 Å². The molecule has 250 valence electrons. The van der Waals surface area contributed by atoms with Crippen LogP contribution in [0, 0.1) is 17.3 Å². The van der Waals surface area contributed by atoms with Gasteiger partial charge in [-0.15, -0.1) is 0 Å². The average Bonchev–Trinajstić information content (AvgIpc) is 3.31. The van der Waals surface area contributed by atoms with E-state index in [0.717, 1.165) is 77.4 Å². The van der Waals surface area contributed by atoms with Crippen LogP contribution in [0.3, 0.4) is 0 Å². The van der Waals surface area contributed by atoms with Gasteiger partial charge in [0.05, 0.1) is 19.3 Å². The third kappa shape index (κ3) is 10.7. The van der Waals surface area contributed by atoms with Crippen molar-refractivity contribution in [2.75, 3.05) is 20.3 Å². The van der Waals surface area contributed by atoms with Crippen molar-refractivity contribution in [3.05, 3.63) is 24.3 Å². The van der Waals surface area contributed by atoms with E-state index in [2.05, 4.69) is 31.2 Å². The molecule has 44 heavy (non-hydrogen) atoms. The fourth-order valence-electron chi connectivity index (χ4n) is 7.45. The molecule has 2 saturated heterocycles. The molecule has 2 unspecified atom stereocenters. The Labute approximate surface area is 270 Å². The first-order chi connectivity index (χ1) is 21.4. The van der Waals surface area contributed by atoms with E-state index in [0.29, 0.717) is 6.42 Å².